The van der Waals surface area contributed by atoms with E-state index in [9.17, 15) is 5.11 Å². The Balaban J connectivity index is 2.13. The molecule has 0 bridgehead atoms. The van der Waals surface area contributed by atoms with Crippen LogP contribution in [0.25, 0.3) is 0 Å². The lowest BCUT2D eigenvalue weighted by Crippen LogP contribution is -2.36. The van der Waals surface area contributed by atoms with Crippen LogP contribution < -0.4 is 10.2 Å². The molecule has 3 heteroatoms. The number of rotatable bonds is 8. The van der Waals surface area contributed by atoms with E-state index in [1.165, 1.54) is 36.9 Å². The van der Waals surface area contributed by atoms with Gasteiger partial charge in [-0.2, -0.15) is 0 Å². The van der Waals surface area contributed by atoms with Gasteiger partial charge in [-0.3, -0.25) is 0 Å². The number of aliphatic hydroxyl groups is 1. The first-order valence-corrected chi connectivity index (χ1v) is 8.03. The van der Waals surface area contributed by atoms with Gasteiger partial charge in [0.25, 0.3) is 0 Å². The van der Waals surface area contributed by atoms with E-state index in [0.717, 1.165) is 26.1 Å². The van der Waals surface area contributed by atoms with Crippen molar-refractivity contribution in [1.29, 1.82) is 0 Å². The van der Waals surface area contributed by atoms with E-state index in [1.54, 1.807) is 0 Å². The second-order valence-corrected chi connectivity index (χ2v) is 5.66. The number of nitrogens with zero attached hydrogens (tertiary/aromatic N) is 1. The largest absolute Gasteiger partial charge is 0.395 e. The summed E-state index contributed by atoms with van der Waals surface area (Å²) in [7, 11) is 0. The van der Waals surface area contributed by atoms with E-state index in [-0.39, 0.29) is 6.61 Å². The molecular weight excluding hydrogens is 248 g/mol. The van der Waals surface area contributed by atoms with Crippen molar-refractivity contribution in [2.24, 2.45) is 0 Å². The lowest BCUT2D eigenvalue weighted by atomic mass is 10.1. The molecule has 0 spiro atoms. The summed E-state index contributed by atoms with van der Waals surface area (Å²) in [4.78, 5) is 2.43. The molecule has 0 amide bonds. The number of anilines is 1. The Kier molecular flexibility index (Phi) is 6.34. The minimum Gasteiger partial charge on any atom is -0.395 e. The summed E-state index contributed by atoms with van der Waals surface area (Å²) < 4.78 is 0. The molecule has 0 saturated heterocycles. The molecule has 3 nitrogen and oxygen atoms in total. The molecule has 0 atom stereocenters. The molecule has 1 aliphatic carbocycles. The number of benzene rings is 1. The second kappa shape index (κ2) is 8.28. The van der Waals surface area contributed by atoms with E-state index in [4.69, 9.17) is 0 Å². The zero-order chi connectivity index (χ0) is 14.2. The average Bonchev–Trinajstić information content (AvgIpc) is 3.00. The monoisotopic (exact) mass is 276 g/mol. The lowest BCUT2D eigenvalue weighted by Gasteiger charge is -2.32. The fourth-order valence-corrected chi connectivity index (χ4v) is 3.16. The van der Waals surface area contributed by atoms with Crippen LogP contribution in [0.5, 0.6) is 0 Å². The van der Waals surface area contributed by atoms with Crippen LogP contribution in [-0.4, -0.2) is 30.8 Å². The number of hydrogen-bond donors (Lipinski definition) is 2. The van der Waals surface area contributed by atoms with Crippen LogP contribution in [-0.2, 0) is 6.54 Å². The Morgan fingerprint density at radius 1 is 1.25 bits per heavy atom. The van der Waals surface area contributed by atoms with Crippen LogP contribution in [0, 0.1) is 0 Å². The van der Waals surface area contributed by atoms with Gasteiger partial charge in [0.15, 0.2) is 0 Å². The highest BCUT2D eigenvalue weighted by atomic mass is 16.3. The third-order valence-corrected chi connectivity index (χ3v) is 4.15. The van der Waals surface area contributed by atoms with Gasteiger partial charge in [0.05, 0.1) is 6.61 Å². The molecule has 2 rings (SSSR count). The zero-order valence-corrected chi connectivity index (χ0v) is 12.6. The van der Waals surface area contributed by atoms with E-state index >= 15 is 0 Å². The Bertz CT molecular complexity index is 388. The minimum atomic E-state index is 0.229. The summed E-state index contributed by atoms with van der Waals surface area (Å²) >= 11 is 0. The zero-order valence-electron chi connectivity index (χ0n) is 12.6. The van der Waals surface area contributed by atoms with Gasteiger partial charge in [0.1, 0.15) is 0 Å². The SMILES string of the molecule is CCCNCc1ccccc1N(CCO)C1CCCC1. The quantitative estimate of drug-likeness (QED) is 0.717. The van der Waals surface area contributed by atoms with Gasteiger partial charge < -0.3 is 15.3 Å². The van der Waals surface area contributed by atoms with Crippen molar-refractivity contribution in [3.8, 4) is 0 Å². The summed E-state index contributed by atoms with van der Waals surface area (Å²) in [6.07, 6.45) is 6.32. The van der Waals surface area contributed by atoms with E-state index in [2.05, 4.69) is 41.4 Å². The van der Waals surface area contributed by atoms with Crippen molar-refractivity contribution in [2.75, 3.05) is 24.6 Å². The van der Waals surface area contributed by atoms with Gasteiger partial charge in [-0.05, 0) is 37.4 Å². The molecule has 1 aromatic rings. The van der Waals surface area contributed by atoms with Crippen molar-refractivity contribution >= 4 is 5.69 Å². The molecule has 1 fully saturated rings. The highest BCUT2D eigenvalue weighted by molar-refractivity contribution is 5.54. The molecule has 2 N–H and O–H groups in total. The van der Waals surface area contributed by atoms with Crippen LogP contribution in [0.2, 0.25) is 0 Å². The summed E-state index contributed by atoms with van der Waals surface area (Å²) in [6.45, 7) is 5.13. The fourth-order valence-electron chi connectivity index (χ4n) is 3.16. The second-order valence-electron chi connectivity index (χ2n) is 5.66. The van der Waals surface area contributed by atoms with Crippen LogP contribution in [0.1, 0.15) is 44.6 Å². The summed E-state index contributed by atoms with van der Waals surface area (Å²) in [5.41, 5.74) is 2.65. The number of para-hydroxylation sites is 1. The molecule has 1 aliphatic rings. The molecule has 0 aliphatic heterocycles. The number of aliphatic hydroxyl groups excluding tert-OH is 1. The van der Waals surface area contributed by atoms with Crippen LogP contribution in [0.3, 0.4) is 0 Å². The molecule has 20 heavy (non-hydrogen) atoms. The van der Waals surface area contributed by atoms with Crippen molar-refractivity contribution in [3.63, 3.8) is 0 Å². The van der Waals surface area contributed by atoms with E-state index in [0.29, 0.717) is 6.04 Å². The first kappa shape index (κ1) is 15.3. The molecule has 112 valence electrons. The summed E-state index contributed by atoms with van der Waals surface area (Å²) in [5.74, 6) is 0. The van der Waals surface area contributed by atoms with Crippen molar-refractivity contribution in [1.82, 2.24) is 5.32 Å². The fraction of sp³-hybridized carbons (Fsp3) is 0.647. The Hall–Kier alpha value is -1.06. The summed E-state index contributed by atoms with van der Waals surface area (Å²) in [6, 6.07) is 9.24. The maximum Gasteiger partial charge on any atom is 0.0606 e. The predicted molar refractivity (Wildman–Crippen MR) is 85.1 cm³/mol. The first-order valence-electron chi connectivity index (χ1n) is 8.03. The van der Waals surface area contributed by atoms with Crippen LogP contribution >= 0.6 is 0 Å². The third-order valence-electron chi connectivity index (χ3n) is 4.15. The molecule has 0 aromatic heterocycles. The Labute approximate surface area is 123 Å². The van der Waals surface area contributed by atoms with E-state index in [1.807, 2.05) is 0 Å². The molecule has 1 saturated carbocycles. The van der Waals surface area contributed by atoms with Gasteiger partial charge >= 0.3 is 0 Å². The highest BCUT2D eigenvalue weighted by Gasteiger charge is 2.23. The molecule has 0 radical (unpaired) electrons. The van der Waals surface area contributed by atoms with Crippen LogP contribution in [0.15, 0.2) is 24.3 Å². The maximum atomic E-state index is 9.41. The summed E-state index contributed by atoms with van der Waals surface area (Å²) in [5, 5.41) is 12.9. The van der Waals surface area contributed by atoms with Crippen molar-refractivity contribution in [3.05, 3.63) is 29.8 Å². The normalized spacial score (nSPS) is 15.7. The van der Waals surface area contributed by atoms with Gasteiger partial charge in [-0.15, -0.1) is 0 Å². The van der Waals surface area contributed by atoms with Crippen molar-refractivity contribution in [2.45, 2.75) is 51.6 Å². The minimum absolute atomic E-state index is 0.229. The predicted octanol–water partition coefficient (Wildman–Crippen LogP) is 2.93. The molecule has 0 heterocycles. The molecule has 0 unspecified atom stereocenters. The third kappa shape index (κ3) is 3.97. The standard InChI is InChI=1S/C17H28N2O/c1-2-11-18-14-15-7-3-6-10-17(15)19(12-13-20)16-8-4-5-9-16/h3,6-7,10,16,18,20H,2,4-5,8-9,11-14H2,1H3. The van der Waals surface area contributed by atoms with Gasteiger partial charge in [-0.1, -0.05) is 38.0 Å². The van der Waals surface area contributed by atoms with Gasteiger partial charge in [0, 0.05) is 24.8 Å². The maximum absolute atomic E-state index is 9.41. The van der Waals surface area contributed by atoms with E-state index < -0.39 is 0 Å². The molecular formula is C17H28N2O. The smallest absolute Gasteiger partial charge is 0.0606 e. The van der Waals surface area contributed by atoms with Gasteiger partial charge in [-0.25, -0.2) is 0 Å². The van der Waals surface area contributed by atoms with Crippen molar-refractivity contribution < 1.29 is 5.11 Å². The van der Waals surface area contributed by atoms with Crippen LogP contribution in [0.4, 0.5) is 5.69 Å². The number of nitrogens with one attached hydrogen (secondary N) is 1. The first-order chi connectivity index (χ1) is 9.86. The average molecular weight is 276 g/mol. The Morgan fingerprint density at radius 2 is 2.00 bits per heavy atom. The topological polar surface area (TPSA) is 35.5 Å². The van der Waals surface area contributed by atoms with Gasteiger partial charge in [0.2, 0.25) is 0 Å². The highest BCUT2D eigenvalue weighted by Crippen LogP contribution is 2.30. The number of hydrogen-bond acceptors (Lipinski definition) is 3. The molecule has 1 aromatic carbocycles. The lowest BCUT2D eigenvalue weighted by molar-refractivity contribution is 0.297. The Morgan fingerprint density at radius 3 is 2.70 bits per heavy atom.